The number of aromatic nitrogens is 1. The van der Waals surface area contributed by atoms with Gasteiger partial charge in [-0.3, -0.25) is 19.2 Å². The maximum atomic E-state index is 11.5. The molecule has 2 aromatic heterocycles. The van der Waals surface area contributed by atoms with Crippen LogP contribution < -0.4 is 10.5 Å². The highest BCUT2D eigenvalue weighted by Crippen LogP contribution is 2.40. The molecule has 82 heavy (non-hydrogen) atoms. The largest absolute Gasteiger partial charge is 0.506 e. The Hall–Kier alpha value is -8.59. The van der Waals surface area contributed by atoms with Crippen LogP contribution in [0, 0.1) is 11.8 Å². The maximum Gasteiger partial charge on any atom is 0.371 e. The molecule has 1 aliphatic carbocycles. The molecule has 2 unspecified atom stereocenters. The van der Waals surface area contributed by atoms with Crippen LogP contribution >= 0.6 is 24.3 Å². The number of halogens is 1. The third kappa shape index (κ3) is 15.2. The van der Waals surface area contributed by atoms with Crippen LogP contribution in [0.1, 0.15) is 64.6 Å². The normalized spacial score (nSPS) is 13.7. The van der Waals surface area contributed by atoms with Crippen molar-refractivity contribution in [1.29, 1.82) is 0 Å². The van der Waals surface area contributed by atoms with Crippen LogP contribution in [0.3, 0.4) is 0 Å². The number of aryl methyl sites for hydroxylation is 2. The average molecular weight is 1220 g/mol. The summed E-state index contributed by atoms with van der Waals surface area (Å²) >= 11 is 2.97. The summed E-state index contributed by atoms with van der Waals surface area (Å²) in [5, 5.41) is 78.9. The zero-order chi connectivity index (χ0) is 60.2. The van der Waals surface area contributed by atoms with Gasteiger partial charge in [0, 0.05) is 39.0 Å². The maximum absolute atomic E-state index is 11.5. The van der Waals surface area contributed by atoms with Gasteiger partial charge in [0.25, 0.3) is 0 Å². The highest BCUT2D eigenvalue weighted by atomic mass is 79.9. The van der Waals surface area contributed by atoms with E-state index < -0.39 is 70.0 Å². The summed E-state index contributed by atoms with van der Waals surface area (Å²) in [5.74, 6) is -9.73. The monoisotopic (exact) mass is 1220 g/mol. The average Bonchev–Trinajstić information content (AvgIpc) is 4.20. The first-order valence-corrected chi connectivity index (χ1v) is 31.0. The number of hydrogen-bond donors (Lipinski definition) is 9. The number of carboxylic acid groups (broad SMARTS) is 6. The van der Waals surface area contributed by atoms with E-state index in [-0.39, 0.29) is 23.5 Å². The molecule has 19 nitrogen and oxygen atoms in total. The van der Waals surface area contributed by atoms with E-state index in [0.717, 1.165) is 49.9 Å². The van der Waals surface area contributed by atoms with Crippen molar-refractivity contribution in [2.45, 2.75) is 65.2 Å². The fourth-order valence-corrected chi connectivity index (χ4v) is 11.2. The molecule has 10 rings (SSSR count). The summed E-state index contributed by atoms with van der Waals surface area (Å²) in [6, 6.07) is 44.0. The van der Waals surface area contributed by atoms with Gasteiger partial charge in [0.2, 0.25) is 5.76 Å². The van der Waals surface area contributed by atoms with Gasteiger partial charge in [-0.1, -0.05) is 111 Å². The number of hydrogen-bond acceptors (Lipinski definition) is 12. The zero-order valence-electron chi connectivity index (χ0n) is 45.0. The van der Waals surface area contributed by atoms with E-state index >= 15 is 0 Å². The van der Waals surface area contributed by atoms with E-state index in [1.54, 1.807) is 30.3 Å². The number of carbonyl (C=O) groups is 6. The van der Waals surface area contributed by atoms with Crippen LogP contribution in [0.2, 0.25) is 19.6 Å². The standard InChI is InChI=1S/C20H20N2O3Si.C16H14O4.C14H14NO2P.C5H3BrO3.C5H8O4/c1-26(2,3)16-9-10-17-14(12-16)6-11-18(23)19(17)22-21-15-7-4-13(5-8-15)20(24)25;17-15(18)13-8-7-11-10-4-2-1-3-9(10)5-6-12(11)14(13)16(19)20;1-2-15-13-6-4-3-5-11(13)12-9-10(18(16)17)7-8-14(12)15;6-4-2-1-3(9-4)5(7)8;1-2-3(4(6)7)5(8)9/h4-12,23H,1-3H3,(H,24,25);1-6,13-14H,7-8H2,(H,17,18)(H,19,20);3-9,16-17H,2H2,1H3;1-2H,(H,7,8);3H,2H2,1H3,(H,6,7)(H,8,9). The number of benzene rings is 7. The van der Waals surface area contributed by atoms with E-state index in [2.05, 4.69) is 86.0 Å². The Morgan fingerprint density at radius 3 is 1.83 bits per heavy atom. The molecule has 426 valence electrons. The number of rotatable bonds is 12. The Labute approximate surface area is 480 Å². The molecule has 9 N–H and O–H groups in total. The Morgan fingerprint density at radius 2 is 1.29 bits per heavy atom. The van der Waals surface area contributed by atoms with Crippen molar-refractivity contribution in [2.75, 3.05) is 0 Å². The number of para-hydroxylation sites is 1. The summed E-state index contributed by atoms with van der Waals surface area (Å²) in [5.41, 5.74) is 5.07. The number of carboxylic acids is 6. The molecule has 7 aromatic carbocycles. The number of phenolic OH excluding ortho intramolecular Hbond substituents is 1. The summed E-state index contributed by atoms with van der Waals surface area (Å²) in [7, 11) is -3.46. The number of phenols is 1. The molecule has 0 fully saturated rings. The predicted octanol–water partition coefficient (Wildman–Crippen LogP) is 12.5. The fraction of sp³-hybridized carbons (Fsp3) is 0.200. The molecule has 0 spiro atoms. The Balaban J connectivity index is 0.000000174. The SMILES string of the molecule is CCC(C(=O)O)C(=O)O.CCn1c2ccccc2c2cc(P(O)O)ccc21.C[Si](C)(C)c1ccc2c(N=Nc3ccc(C(=O)O)cc3)c(O)ccc2c1.O=C(O)C1CCc2c(ccc3ccccc23)C1C(=O)O.O=C(O)c1ccc(Br)o1. The van der Waals surface area contributed by atoms with Crippen molar-refractivity contribution in [3.05, 3.63) is 173 Å². The second-order valence-electron chi connectivity index (χ2n) is 19.6. The number of fused-ring (bicyclic) bond motifs is 7. The number of aromatic hydroxyl groups is 1. The molecule has 2 atom stereocenters. The number of aliphatic carboxylic acids is 4. The molecule has 0 bridgehead atoms. The molecule has 0 aliphatic heterocycles. The third-order valence-corrected chi connectivity index (χ3v) is 16.6. The molecule has 22 heteroatoms. The molecule has 0 saturated carbocycles. The van der Waals surface area contributed by atoms with Crippen molar-refractivity contribution < 1.29 is 78.7 Å². The molecule has 9 aromatic rings. The molecule has 0 amide bonds. The topological polar surface area (TPSA) is 327 Å². The van der Waals surface area contributed by atoms with Gasteiger partial charge >= 0.3 is 35.8 Å². The van der Waals surface area contributed by atoms with Gasteiger partial charge in [0.1, 0.15) is 11.4 Å². The highest BCUT2D eigenvalue weighted by molar-refractivity contribution is 9.10. The van der Waals surface area contributed by atoms with Crippen LogP contribution in [-0.2, 0) is 32.1 Å². The number of furan rings is 1. The van der Waals surface area contributed by atoms with Gasteiger partial charge in [-0.2, -0.15) is 5.11 Å². The number of aromatic carboxylic acids is 2. The highest BCUT2D eigenvalue weighted by Gasteiger charge is 2.39. The van der Waals surface area contributed by atoms with E-state index in [9.17, 15) is 53.9 Å². The predicted molar refractivity (Wildman–Crippen MR) is 318 cm³/mol. The summed E-state index contributed by atoms with van der Waals surface area (Å²) < 4.78 is 7.33. The second kappa shape index (κ2) is 27.7. The molecule has 2 heterocycles. The van der Waals surface area contributed by atoms with Gasteiger partial charge in [0.05, 0.1) is 31.2 Å². The lowest BCUT2D eigenvalue weighted by Gasteiger charge is -2.29. The van der Waals surface area contributed by atoms with Crippen molar-refractivity contribution in [3.63, 3.8) is 0 Å². The van der Waals surface area contributed by atoms with Crippen molar-refractivity contribution in [3.8, 4) is 5.75 Å². The smallest absolute Gasteiger partial charge is 0.371 e. The van der Waals surface area contributed by atoms with Crippen LogP contribution in [0.15, 0.2) is 165 Å². The Kier molecular flexibility index (Phi) is 21.2. The first-order valence-electron chi connectivity index (χ1n) is 25.5. The zero-order valence-corrected chi connectivity index (χ0v) is 48.4. The summed E-state index contributed by atoms with van der Waals surface area (Å²) in [6.45, 7) is 11.4. The van der Waals surface area contributed by atoms with Crippen molar-refractivity contribution >= 4 is 133 Å². The quantitative estimate of drug-likeness (QED) is 0.0237. The van der Waals surface area contributed by atoms with Gasteiger partial charge < -0.3 is 54.5 Å². The van der Waals surface area contributed by atoms with Gasteiger partial charge in [-0.05, 0) is 136 Å². The van der Waals surface area contributed by atoms with E-state index in [0.29, 0.717) is 39.8 Å². The van der Waals surface area contributed by atoms with Crippen LogP contribution in [0.5, 0.6) is 5.75 Å². The first-order chi connectivity index (χ1) is 38.9. The van der Waals surface area contributed by atoms with Crippen LogP contribution in [0.4, 0.5) is 11.4 Å². The molecule has 0 radical (unpaired) electrons. The third-order valence-electron chi connectivity index (χ3n) is 13.4. The van der Waals surface area contributed by atoms with E-state index in [1.807, 2.05) is 66.7 Å². The van der Waals surface area contributed by atoms with E-state index in [4.69, 9.17) is 20.4 Å². The van der Waals surface area contributed by atoms with Crippen LogP contribution in [0.25, 0.3) is 43.4 Å². The molecule has 1 aliphatic rings. The molecular weight excluding hydrogens is 1160 g/mol. The van der Waals surface area contributed by atoms with Gasteiger partial charge in [0.15, 0.2) is 19.0 Å². The minimum absolute atomic E-state index is 0.0538. The molecule has 0 saturated heterocycles. The minimum Gasteiger partial charge on any atom is -0.506 e. The van der Waals surface area contributed by atoms with Crippen molar-refractivity contribution in [1.82, 2.24) is 4.57 Å². The first kappa shape index (κ1) is 62.6. The Morgan fingerprint density at radius 1 is 0.659 bits per heavy atom. The lowest BCUT2D eigenvalue weighted by molar-refractivity contribution is -0.154. The summed E-state index contributed by atoms with van der Waals surface area (Å²) in [6.07, 6.45) is 1.11. The van der Waals surface area contributed by atoms with Crippen LogP contribution in [-0.4, -0.2) is 94.0 Å². The fourth-order valence-electron chi connectivity index (χ4n) is 9.22. The van der Waals surface area contributed by atoms with Gasteiger partial charge in [-0.15, -0.1) is 5.11 Å². The lowest BCUT2D eigenvalue weighted by Crippen LogP contribution is -2.37. The lowest BCUT2D eigenvalue weighted by atomic mass is 9.74. The Bertz CT molecular complexity index is 3840. The molecular formula is C60H59BrN3O16PSi. The minimum atomic E-state index is -2.03. The number of azo groups is 1. The number of nitrogens with zero attached hydrogens (tertiary/aromatic N) is 3. The second-order valence-corrected chi connectivity index (χ2v) is 26.6. The van der Waals surface area contributed by atoms with Gasteiger partial charge in [-0.25, -0.2) is 9.59 Å². The summed E-state index contributed by atoms with van der Waals surface area (Å²) in [4.78, 5) is 82.4. The van der Waals surface area contributed by atoms with E-state index in [1.165, 1.54) is 41.9 Å². The van der Waals surface area contributed by atoms with Crippen molar-refractivity contribution in [2.24, 2.45) is 22.1 Å².